The fraction of sp³-hybridized carbons (Fsp3) is 0. The normalized spacial score (nSPS) is 10.0. The van der Waals surface area contributed by atoms with Crippen LogP contribution < -0.4 is 0 Å². The molecule has 0 aliphatic heterocycles. The van der Waals surface area contributed by atoms with Gasteiger partial charge in [0.2, 0.25) is 0 Å². The van der Waals surface area contributed by atoms with E-state index in [0.29, 0.717) is 0 Å². The lowest BCUT2D eigenvalue weighted by Gasteiger charge is -1.83. The Hall–Kier alpha value is -1.51. The Morgan fingerprint density at radius 3 is 3.00 bits per heavy atom. The Morgan fingerprint density at radius 2 is 2.40 bits per heavy atom. The minimum atomic E-state index is 0.918. The zero-order valence-electron chi connectivity index (χ0n) is 5.26. The van der Waals surface area contributed by atoms with Crippen molar-refractivity contribution in [2.24, 2.45) is 0 Å². The molecule has 2 aromatic rings. The van der Waals surface area contributed by atoms with E-state index in [2.05, 4.69) is 21.3 Å². The highest BCUT2D eigenvalue weighted by molar-refractivity contribution is 5.56. The van der Waals surface area contributed by atoms with Crippen LogP contribution in [0.25, 0.3) is 11.3 Å². The molecular weight excluding hydrogens is 126 g/mol. The number of nitrogens with zero attached hydrogens (tertiary/aromatic N) is 1. The highest BCUT2D eigenvalue weighted by Gasteiger charge is 1.96. The lowest BCUT2D eigenvalue weighted by atomic mass is 10.3. The van der Waals surface area contributed by atoms with Crippen molar-refractivity contribution in [1.29, 1.82) is 0 Å². The molecule has 0 spiro atoms. The first-order valence-electron chi connectivity index (χ1n) is 3.01. The van der Waals surface area contributed by atoms with E-state index in [0.717, 1.165) is 11.3 Å². The van der Waals surface area contributed by atoms with Crippen molar-refractivity contribution in [2.75, 3.05) is 0 Å². The molecule has 0 aliphatic rings. The summed E-state index contributed by atoms with van der Waals surface area (Å²) >= 11 is 0. The molecule has 0 aromatic carbocycles. The lowest BCUT2D eigenvalue weighted by Crippen LogP contribution is -1.68. The highest BCUT2D eigenvalue weighted by atomic mass is 14.9. The van der Waals surface area contributed by atoms with Gasteiger partial charge in [0.15, 0.2) is 6.33 Å². The van der Waals surface area contributed by atoms with E-state index < -0.39 is 0 Å². The third kappa shape index (κ3) is 0.719. The molecule has 49 valence electrons. The molecule has 2 aromatic heterocycles. The Balaban J connectivity index is 2.48. The van der Waals surface area contributed by atoms with Crippen LogP contribution in [0.1, 0.15) is 0 Å². The van der Waals surface area contributed by atoms with Crippen LogP contribution in [-0.4, -0.2) is 15.0 Å². The van der Waals surface area contributed by atoms with Crippen molar-refractivity contribution < 1.29 is 0 Å². The number of hydrogen-bond acceptors (Lipinski definition) is 1. The standard InChI is InChI=1S/C7H6N3/c1-2-8-3-6(1)7-4-9-5-10-7/h1-4,8H,(H,9,10). The second-order valence-corrected chi connectivity index (χ2v) is 2.00. The number of aromatic nitrogens is 3. The molecule has 0 bridgehead atoms. The lowest BCUT2D eigenvalue weighted by molar-refractivity contribution is 1.29. The van der Waals surface area contributed by atoms with Gasteiger partial charge in [-0.05, 0) is 6.07 Å². The first-order chi connectivity index (χ1) is 4.97. The molecule has 2 rings (SSSR count). The first-order valence-corrected chi connectivity index (χ1v) is 3.01. The third-order valence-electron chi connectivity index (χ3n) is 1.34. The topological polar surface area (TPSA) is 44.5 Å². The van der Waals surface area contributed by atoms with E-state index in [1.807, 2.05) is 24.7 Å². The summed E-state index contributed by atoms with van der Waals surface area (Å²) in [6, 6.07) is 1.96. The van der Waals surface area contributed by atoms with Gasteiger partial charge in [-0.3, -0.25) is 0 Å². The average molecular weight is 132 g/mol. The predicted molar refractivity (Wildman–Crippen MR) is 37.2 cm³/mol. The molecule has 2 heterocycles. The molecule has 3 nitrogen and oxygen atoms in total. The van der Waals surface area contributed by atoms with E-state index in [1.165, 1.54) is 0 Å². The van der Waals surface area contributed by atoms with Gasteiger partial charge in [-0.15, -0.1) is 0 Å². The molecule has 10 heavy (non-hydrogen) atoms. The van der Waals surface area contributed by atoms with E-state index in [-0.39, 0.29) is 0 Å². The first kappa shape index (κ1) is 5.29. The molecule has 2 N–H and O–H groups in total. The van der Waals surface area contributed by atoms with Gasteiger partial charge in [0.05, 0.1) is 5.69 Å². The average Bonchev–Trinajstić information content (AvgIpc) is 2.59. The summed E-state index contributed by atoms with van der Waals surface area (Å²) in [6.45, 7) is 0. The Bertz CT molecular complexity index is 248. The summed E-state index contributed by atoms with van der Waals surface area (Å²) in [7, 11) is 0. The van der Waals surface area contributed by atoms with Crippen LogP contribution in [0.15, 0.2) is 24.7 Å². The maximum absolute atomic E-state index is 3.96. The van der Waals surface area contributed by atoms with Crippen molar-refractivity contribution in [3.63, 3.8) is 0 Å². The third-order valence-corrected chi connectivity index (χ3v) is 1.34. The minimum absolute atomic E-state index is 0.918. The van der Waals surface area contributed by atoms with E-state index in [9.17, 15) is 0 Å². The van der Waals surface area contributed by atoms with Crippen molar-refractivity contribution in [1.82, 2.24) is 15.0 Å². The van der Waals surface area contributed by atoms with Crippen molar-refractivity contribution in [3.05, 3.63) is 31.0 Å². The highest BCUT2D eigenvalue weighted by Crippen LogP contribution is 2.12. The van der Waals surface area contributed by atoms with Crippen molar-refractivity contribution >= 4 is 0 Å². The Kier molecular flexibility index (Phi) is 1.07. The van der Waals surface area contributed by atoms with Crippen LogP contribution in [0.5, 0.6) is 0 Å². The molecule has 0 saturated carbocycles. The second kappa shape index (κ2) is 2.02. The van der Waals surface area contributed by atoms with Gasteiger partial charge in [-0.2, -0.15) is 0 Å². The van der Waals surface area contributed by atoms with Gasteiger partial charge < -0.3 is 9.97 Å². The Morgan fingerprint density at radius 1 is 1.40 bits per heavy atom. The molecule has 0 fully saturated rings. The SMILES string of the molecule is [c]1nc(-c2cc[nH]c2)c[nH]1. The molecule has 0 saturated heterocycles. The monoisotopic (exact) mass is 132 g/mol. The van der Waals surface area contributed by atoms with Crippen LogP contribution in [0.3, 0.4) is 0 Å². The van der Waals surface area contributed by atoms with Crippen molar-refractivity contribution in [3.8, 4) is 11.3 Å². The smallest absolute Gasteiger partial charge is 0.174 e. The van der Waals surface area contributed by atoms with E-state index in [1.54, 1.807) is 0 Å². The van der Waals surface area contributed by atoms with E-state index >= 15 is 0 Å². The van der Waals surface area contributed by atoms with Gasteiger partial charge in [-0.1, -0.05) is 0 Å². The van der Waals surface area contributed by atoms with Gasteiger partial charge in [0.1, 0.15) is 0 Å². The molecule has 1 radical (unpaired) electrons. The second-order valence-electron chi connectivity index (χ2n) is 2.00. The number of hydrogen-bond donors (Lipinski definition) is 2. The number of imidazole rings is 1. The maximum atomic E-state index is 3.96. The zero-order valence-corrected chi connectivity index (χ0v) is 5.26. The zero-order chi connectivity index (χ0) is 6.81. The van der Waals surface area contributed by atoms with Gasteiger partial charge in [0.25, 0.3) is 0 Å². The minimum Gasteiger partial charge on any atom is -0.367 e. The number of aromatic amines is 2. The summed E-state index contributed by atoms with van der Waals surface area (Å²) in [5.74, 6) is 0. The number of nitrogens with one attached hydrogen (secondary N) is 2. The molecule has 0 amide bonds. The number of H-pyrrole nitrogens is 2. The fourth-order valence-electron chi connectivity index (χ4n) is 0.857. The summed E-state index contributed by atoms with van der Waals surface area (Å²) < 4.78 is 0. The van der Waals surface area contributed by atoms with Crippen LogP contribution >= 0.6 is 0 Å². The van der Waals surface area contributed by atoms with Gasteiger partial charge >= 0.3 is 0 Å². The molecule has 0 unspecified atom stereocenters. The summed E-state index contributed by atoms with van der Waals surface area (Å²) in [4.78, 5) is 9.68. The molecule has 0 aliphatic carbocycles. The summed E-state index contributed by atoms with van der Waals surface area (Å²) in [6.07, 6.45) is 8.20. The van der Waals surface area contributed by atoms with Gasteiger partial charge in [-0.25, -0.2) is 4.98 Å². The number of rotatable bonds is 1. The fourth-order valence-corrected chi connectivity index (χ4v) is 0.857. The van der Waals surface area contributed by atoms with E-state index in [4.69, 9.17) is 0 Å². The maximum Gasteiger partial charge on any atom is 0.174 e. The molecule has 0 atom stereocenters. The summed E-state index contributed by atoms with van der Waals surface area (Å²) in [5, 5.41) is 0. The predicted octanol–water partition coefficient (Wildman–Crippen LogP) is 1.20. The van der Waals surface area contributed by atoms with Crippen LogP contribution in [0, 0.1) is 6.33 Å². The Labute approximate surface area is 58.1 Å². The van der Waals surface area contributed by atoms with Crippen LogP contribution in [0.2, 0.25) is 0 Å². The van der Waals surface area contributed by atoms with Crippen LogP contribution in [-0.2, 0) is 0 Å². The molecule has 3 heteroatoms. The van der Waals surface area contributed by atoms with Gasteiger partial charge in [0, 0.05) is 24.2 Å². The quantitative estimate of drug-likeness (QED) is 0.601. The van der Waals surface area contributed by atoms with Crippen LogP contribution in [0.4, 0.5) is 0 Å². The molecular formula is C7H6N3. The van der Waals surface area contributed by atoms with Crippen molar-refractivity contribution in [2.45, 2.75) is 0 Å². The summed E-state index contributed by atoms with van der Waals surface area (Å²) in [5.41, 5.74) is 2.00. The largest absolute Gasteiger partial charge is 0.367 e.